The molecule has 1 atom stereocenters. The number of aliphatic hydroxyl groups is 1. The average molecular weight is 366 g/mol. The summed E-state index contributed by atoms with van der Waals surface area (Å²) >= 11 is 17.1. The number of hydrogen-bond acceptors (Lipinski definition) is 2. The van der Waals surface area contributed by atoms with Crippen molar-refractivity contribution in [1.29, 1.82) is 0 Å². The van der Waals surface area contributed by atoms with Gasteiger partial charge < -0.3 is 5.11 Å². The summed E-state index contributed by atoms with van der Waals surface area (Å²) in [6, 6.07) is 7.41. The van der Waals surface area contributed by atoms with Crippen LogP contribution in [0.4, 0.5) is 0 Å². The van der Waals surface area contributed by atoms with Crippen LogP contribution in [-0.4, -0.2) is 5.11 Å². The maximum Gasteiger partial charge on any atom is 0.0923 e. The molecular weight excluding hydrogens is 355 g/mol. The third-order valence-electron chi connectivity index (χ3n) is 2.65. The van der Waals surface area contributed by atoms with Crippen molar-refractivity contribution in [3.05, 3.63) is 54.1 Å². The summed E-state index contributed by atoms with van der Waals surface area (Å²) in [7, 11) is 0. The van der Waals surface area contributed by atoms with Gasteiger partial charge in [-0.05, 0) is 40.5 Å². The highest BCUT2D eigenvalue weighted by Crippen LogP contribution is 2.34. The van der Waals surface area contributed by atoms with Crippen molar-refractivity contribution >= 4 is 50.5 Å². The lowest BCUT2D eigenvalue weighted by atomic mass is 10.1. The number of aliphatic hydroxyl groups excluding tert-OH is 1. The first-order chi connectivity index (χ1) is 8.49. The highest BCUT2D eigenvalue weighted by Gasteiger charge is 2.15. The molecule has 2 rings (SSSR count). The molecule has 0 bridgehead atoms. The normalized spacial score (nSPS) is 12.7. The van der Waals surface area contributed by atoms with Gasteiger partial charge >= 0.3 is 0 Å². The average Bonchev–Trinajstić information content (AvgIpc) is 2.66. The van der Waals surface area contributed by atoms with Crippen LogP contribution < -0.4 is 0 Å². The van der Waals surface area contributed by atoms with Gasteiger partial charge in [-0.3, -0.25) is 0 Å². The molecule has 0 amide bonds. The molecule has 0 spiro atoms. The van der Waals surface area contributed by atoms with Crippen LogP contribution in [-0.2, 0) is 6.42 Å². The Morgan fingerprint density at radius 3 is 2.72 bits per heavy atom. The third-order valence-corrected chi connectivity index (χ3v) is 5.75. The molecule has 0 radical (unpaired) electrons. The fourth-order valence-corrected chi connectivity index (χ4v) is 3.61. The lowest BCUT2D eigenvalue weighted by Gasteiger charge is -2.10. The van der Waals surface area contributed by atoms with Crippen LogP contribution in [0.25, 0.3) is 0 Å². The SMILES string of the molecule is Cc1sc(C(O)Cc2cccc(Cl)c2Cl)cc1Br. The van der Waals surface area contributed by atoms with Crippen LogP contribution in [0.3, 0.4) is 0 Å². The molecular formula is C13H11BrCl2OS. The molecule has 1 N–H and O–H groups in total. The lowest BCUT2D eigenvalue weighted by Crippen LogP contribution is -2.00. The van der Waals surface area contributed by atoms with Gasteiger partial charge in [-0.15, -0.1) is 11.3 Å². The van der Waals surface area contributed by atoms with Crippen LogP contribution in [0, 0.1) is 6.92 Å². The standard InChI is InChI=1S/C13H11BrCl2OS/c1-7-9(14)6-12(18-7)11(17)5-8-3-2-4-10(15)13(8)16/h2-4,6,11,17H,5H2,1H3. The first kappa shape index (κ1) is 14.4. The molecule has 0 aliphatic heterocycles. The van der Waals surface area contributed by atoms with Gasteiger partial charge in [-0.25, -0.2) is 0 Å². The number of thiophene rings is 1. The third kappa shape index (κ3) is 3.09. The number of benzene rings is 1. The topological polar surface area (TPSA) is 20.2 Å². The Bertz CT molecular complexity index is 549. The summed E-state index contributed by atoms with van der Waals surface area (Å²) in [6.07, 6.45) is -0.0952. The van der Waals surface area contributed by atoms with Gasteiger partial charge in [0, 0.05) is 20.6 Å². The fraction of sp³-hybridized carbons (Fsp3) is 0.231. The van der Waals surface area contributed by atoms with E-state index in [0.29, 0.717) is 16.5 Å². The monoisotopic (exact) mass is 364 g/mol. The minimum absolute atomic E-state index is 0.464. The van der Waals surface area contributed by atoms with E-state index in [1.807, 2.05) is 25.1 Å². The summed E-state index contributed by atoms with van der Waals surface area (Å²) in [5.74, 6) is 0. The zero-order valence-electron chi connectivity index (χ0n) is 9.58. The van der Waals surface area contributed by atoms with Crippen molar-refractivity contribution in [2.45, 2.75) is 19.4 Å². The van der Waals surface area contributed by atoms with E-state index in [1.54, 1.807) is 17.4 Å². The predicted octanol–water partition coefficient (Wildman–Crippen LogP) is 5.40. The molecule has 1 aromatic carbocycles. The molecule has 0 aliphatic rings. The second kappa shape index (κ2) is 5.93. The Morgan fingerprint density at radius 1 is 1.39 bits per heavy atom. The van der Waals surface area contributed by atoms with Crippen molar-refractivity contribution in [3.8, 4) is 0 Å². The van der Waals surface area contributed by atoms with Gasteiger partial charge in [0.25, 0.3) is 0 Å². The molecule has 18 heavy (non-hydrogen) atoms. The maximum atomic E-state index is 10.2. The van der Waals surface area contributed by atoms with Crippen LogP contribution in [0.2, 0.25) is 10.0 Å². The van der Waals surface area contributed by atoms with E-state index < -0.39 is 6.10 Å². The van der Waals surface area contributed by atoms with Crippen molar-refractivity contribution in [3.63, 3.8) is 0 Å². The molecule has 96 valence electrons. The molecule has 0 saturated carbocycles. The smallest absolute Gasteiger partial charge is 0.0923 e. The van der Waals surface area contributed by atoms with Gasteiger partial charge in [0.05, 0.1) is 16.1 Å². The minimum Gasteiger partial charge on any atom is -0.387 e. The van der Waals surface area contributed by atoms with Crippen LogP contribution >= 0.6 is 50.5 Å². The zero-order valence-corrected chi connectivity index (χ0v) is 13.5. The van der Waals surface area contributed by atoms with Gasteiger partial charge in [-0.2, -0.15) is 0 Å². The van der Waals surface area contributed by atoms with E-state index in [-0.39, 0.29) is 0 Å². The molecule has 0 saturated heterocycles. The van der Waals surface area contributed by atoms with Gasteiger partial charge in [-0.1, -0.05) is 35.3 Å². The Labute approximate surface area is 128 Å². The zero-order chi connectivity index (χ0) is 13.3. The maximum absolute atomic E-state index is 10.2. The van der Waals surface area contributed by atoms with E-state index >= 15 is 0 Å². The molecule has 0 fully saturated rings. The Balaban J connectivity index is 2.21. The highest BCUT2D eigenvalue weighted by atomic mass is 79.9. The summed E-state index contributed by atoms with van der Waals surface area (Å²) in [4.78, 5) is 2.08. The number of halogens is 3. The van der Waals surface area contributed by atoms with E-state index in [1.165, 1.54) is 0 Å². The van der Waals surface area contributed by atoms with E-state index in [4.69, 9.17) is 23.2 Å². The summed E-state index contributed by atoms with van der Waals surface area (Å²) < 4.78 is 1.03. The predicted molar refractivity (Wildman–Crippen MR) is 81.9 cm³/mol. The number of aryl methyl sites for hydroxylation is 1. The minimum atomic E-state index is -0.559. The fourth-order valence-electron chi connectivity index (χ4n) is 1.66. The Hall–Kier alpha value is -0.0600. The van der Waals surface area contributed by atoms with Crippen molar-refractivity contribution in [2.24, 2.45) is 0 Å². The van der Waals surface area contributed by atoms with Crippen molar-refractivity contribution in [2.75, 3.05) is 0 Å². The molecule has 1 heterocycles. The molecule has 1 aromatic heterocycles. The summed E-state index contributed by atoms with van der Waals surface area (Å²) in [6.45, 7) is 2.01. The van der Waals surface area contributed by atoms with E-state index in [0.717, 1.165) is 19.8 Å². The second-order valence-electron chi connectivity index (χ2n) is 3.99. The Kier molecular flexibility index (Phi) is 4.73. The lowest BCUT2D eigenvalue weighted by molar-refractivity contribution is 0.182. The van der Waals surface area contributed by atoms with Gasteiger partial charge in [0.2, 0.25) is 0 Å². The number of hydrogen-bond donors (Lipinski definition) is 1. The molecule has 1 unspecified atom stereocenters. The molecule has 0 aliphatic carbocycles. The van der Waals surface area contributed by atoms with E-state index in [9.17, 15) is 5.11 Å². The first-order valence-electron chi connectivity index (χ1n) is 5.36. The van der Waals surface area contributed by atoms with E-state index in [2.05, 4.69) is 15.9 Å². The van der Waals surface area contributed by atoms with Crippen LogP contribution in [0.15, 0.2) is 28.7 Å². The summed E-state index contributed by atoms with van der Waals surface area (Å²) in [5, 5.41) is 11.3. The van der Waals surface area contributed by atoms with Crippen LogP contribution in [0.5, 0.6) is 0 Å². The molecule has 2 aromatic rings. The van der Waals surface area contributed by atoms with Gasteiger partial charge in [0.1, 0.15) is 0 Å². The van der Waals surface area contributed by atoms with Crippen molar-refractivity contribution < 1.29 is 5.11 Å². The summed E-state index contributed by atoms with van der Waals surface area (Å²) in [5.41, 5.74) is 0.860. The van der Waals surface area contributed by atoms with Crippen molar-refractivity contribution in [1.82, 2.24) is 0 Å². The molecule has 5 heteroatoms. The highest BCUT2D eigenvalue weighted by molar-refractivity contribution is 9.10. The molecule has 1 nitrogen and oxygen atoms in total. The largest absolute Gasteiger partial charge is 0.387 e. The number of rotatable bonds is 3. The first-order valence-corrected chi connectivity index (χ1v) is 7.72. The quantitative estimate of drug-likeness (QED) is 0.771. The Morgan fingerprint density at radius 2 is 2.11 bits per heavy atom. The van der Waals surface area contributed by atoms with Crippen LogP contribution in [0.1, 0.15) is 21.4 Å². The van der Waals surface area contributed by atoms with Gasteiger partial charge in [0.15, 0.2) is 0 Å². The second-order valence-corrected chi connectivity index (χ2v) is 6.91.